The summed E-state index contributed by atoms with van der Waals surface area (Å²) >= 11 is 5.22. The van der Waals surface area contributed by atoms with Crippen LogP contribution in [-0.4, -0.2) is 41.5 Å². The first-order valence-electron chi connectivity index (χ1n) is 7.69. The van der Waals surface area contributed by atoms with Crippen molar-refractivity contribution in [2.24, 2.45) is 5.10 Å². The van der Waals surface area contributed by atoms with Crippen LogP contribution in [0.3, 0.4) is 0 Å². The van der Waals surface area contributed by atoms with Crippen LogP contribution < -0.4 is 10.7 Å². The first kappa shape index (κ1) is 17.2. The van der Waals surface area contributed by atoms with Crippen LogP contribution in [0, 0.1) is 6.92 Å². The van der Waals surface area contributed by atoms with Gasteiger partial charge in [0.25, 0.3) is 0 Å². The van der Waals surface area contributed by atoms with E-state index in [4.69, 9.17) is 17.0 Å². The van der Waals surface area contributed by atoms with Gasteiger partial charge in [0.15, 0.2) is 5.11 Å². The number of carbonyl (C=O) groups excluding carboxylic acids is 1. The van der Waals surface area contributed by atoms with Crippen molar-refractivity contribution in [3.63, 3.8) is 0 Å². The van der Waals surface area contributed by atoms with E-state index in [1.54, 1.807) is 11.8 Å². The lowest BCUT2D eigenvalue weighted by atomic mass is 10.1. The summed E-state index contributed by atoms with van der Waals surface area (Å²) in [7, 11) is 0. The number of amides is 1. The van der Waals surface area contributed by atoms with Crippen LogP contribution in [0.15, 0.2) is 29.4 Å². The minimum Gasteiger partial charge on any atom is -0.450 e. The molecule has 0 aliphatic carbocycles. The highest BCUT2D eigenvalue weighted by atomic mass is 32.1. The van der Waals surface area contributed by atoms with Crippen molar-refractivity contribution < 1.29 is 9.53 Å². The Morgan fingerprint density at radius 1 is 1.30 bits per heavy atom. The molecule has 0 spiro atoms. The molecule has 0 radical (unpaired) electrons. The summed E-state index contributed by atoms with van der Waals surface area (Å²) < 4.78 is 4.99. The van der Waals surface area contributed by atoms with Gasteiger partial charge in [0.1, 0.15) is 0 Å². The Hall–Kier alpha value is -2.15. The third-order valence-corrected chi connectivity index (χ3v) is 3.68. The maximum Gasteiger partial charge on any atom is 0.409 e. The molecule has 23 heavy (non-hydrogen) atoms. The second kappa shape index (κ2) is 8.47. The molecule has 1 fully saturated rings. The average Bonchev–Trinajstić information content (AvgIpc) is 2.56. The second-order valence-corrected chi connectivity index (χ2v) is 5.70. The summed E-state index contributed by atoms with van der Waals surface area (Å²) in [6.07, 6.45) is 1.19. The SMILES string of the molecule is CCOC(=O)N1CCC(=NNC(=S)Nc2ccc(C)cc2)CC1. The van der Waals surface area contributed by atoms with Crippen LogP contribution in [0.5, 0.6) is 0 Å². The van der Waals surface area contributed by atoms with E-state index in [-0.39, 0.29) is 6.09 Å². The van der Waals surface area contributed by atoms with Crippen LogP contribution in [0.4, 0.5) is 10.5 Å². The minimum atomic E-state index is -0.254. The van der Waals surface area contributed by atoms with Gasteiger partial charge in [-0.15, -0.1) is 0 Å². The molecule has 1 amide bonds. The number of piperidine rings is 1. The molecule has 0 atom stereocenters. The van der Waals surface area contributed by atoms with E-state index in [9.17, 15) is 4.79 Å². The molecule has 0 aromatic heterocycles. The summed E-state index contributed by atoms with van der Waals surface area (Å²) in [5, 5.41) is 7.85. The third kappa shape index (κ3) is 5.52. The molecular formula is C16H22N4O2S. The monoisotopic (exact) mass is 334 g/mol. The van der Waals surface area contributed by atoms with E-state index in [1.165, 1.54) is 5.56 Å². The zero-order valence-electron chi connectivity index (χ0n) is 13.5. The highest BCUT2D eigenvalue weighted by Gasteiger charge is 2.20. The molecule has 7 heteroatoms. The number of rotatable bonds is 3. The normalized spacial score (nSPS) is 14.2. The van der Waals surface area contributed by atoms with Crippen LogP contribution >= 0.6 is 12.2 Å². The van der Waals surface area contributed by atoms with Crippen molar-refractivity contribution in [2.45, 2.75) is 26.7 Å². The molecule has 1 aliphatic rings. The summed E-state index contributed by atoms with van der Waals surface area (Å²) in [6, 6.07) is 7.96. The number of hydrogen-bond acceptors (Lipinski definition) is 4. The molecule has 124 valence electrons. The molecule has 0 saturated carbocycles. The number of thiocarbonyl (C=S) groups is 1. The van der Waals surface area contributed by atoms with Gasteiger partial charge in [-0.1, -0.05) is 17.7 Å². The highest BCUT2D eigenvalue weighted by Crippen LogP contribution is 2.10. The number of benzene rings is 1. The van der Waals surface area contributed by atoms with Crippen molar-refractivity contribution >= 4 is 34.8 Å². The predicted octanol–water partition coefficient (Wildman–Crippen LogP) is 2.89. The Bertz CT molecular complexity index is 576. The number of nitrogens with one attached hydrogen (secondary N) is 2. The van der Waals surface area contributed by atoms with Crippen LogP contribution in [0.25, 0.3) is 0 Å². The van der Waals surface area contributed by atoms with Gasteiger partial charge in [0.2, 0.25) is 0 Å². The smallest absolute Gasteiger partial charge is 0.409 e. The highest BCUT2D eigenvalue weighted by molar-refractivity contribution is 7.80. The van der Waals surface area contributed by atoms with Crippen molar-refractivity contribution in [2.75, 3.05) is 25.0 Å². The van der Waals surface area contributed by atoms with Gasteiger partial charge in [-0.3, -0.25) is 5.43 Å². The van der Waals surface area contributed by atoms with Crippen molar-refractivity contribution in [3.05, 3.63) is 29.8 Å². The van der Waals surface area contributed by atoms with Crippen LogP contribution in [0.2, 0.25) is 0 Å². The number of ether oxygens (including phenoxy) is 1. The quantitative estimate of drug-likeness (QED) is 0.657. The predicted molar refractivity (Wildman–Crippen MR) is 95.8 cm³/mol. The summed E-state index contributed by atoms with van der Waals surface area (Å²) in [4.78, 5) is 13.3. The summed E-state index contributed by atoms with van der Waals surface area (Å²) in [6.45, 7) is 5.49. The number of aryl methyl sites for hydroxylation is 1. The maximum absolute atomic E-state index is 11.6. The topological polar surface area (TPSA) is 66.0 Å². The molecule has 1 aromatic rings. The van der Waals surface area contributed by atoms with Gasteiger partial charge < -0.3 is 15.0 Å². The number of hydrazone groups is 1. The number of anilines is 1. The molecule has 2 rings (SSSR count). The first-order valence-corrected chi connectivity index (χ1v) is 8.10. The first-order chi connectivity index (χ1) is 11.1. The molecule has 0 unspecified atom stereocenters. The molecule has 6 nitrogen and oxygen atoms in total. The van der Waals surface area contributed by atoms with Gasteiger partial charge >= 0.3 is 6.09 Å². The zero-order valence-corrected chi connectivity index (χ0v) is 14.3. The second-order valence-electron chi connectivity index (χ2n) is 5.30. The fraction of sp³-hybridized carbons (Fsp3) is 0.438. The molecule has 2 N–H and O–H groups in total. The molecule has 1 aliphatic heterocycles. The molecular weight excluding hydrogens is 312 g/mol. The van der Waals surface area contributed by atoms with Crippen LogP contribution in [-0.2, 0) is 4.74 Å². The minimum absolute atomic E-state index is 0.254. The molecule has 1 saturated heterocycles. The number of likely N-dealkylation sites (tertiary alicyclic amines) is 1. The Kier molecular flexibility index (Phi) is 6.34. The number of nitrogens with zero attached hydrogens (tertiary/aromatic N) is 2. The standard InChI is InChI=1S/C16H22N4O2S/c1-3-22-16(21)20-10-8-14(9-11-20)18-19-15(23)17-13-6-4-12(2)5-7-13/h4-7H,3,8-11H2,1-2H3,(H2,17,19,23). The lowest BCUT2D eigenvalue weighted by molar-refractivity contribution is 0.107. The molecule has 1 aromatic carbocycles. The van der Waals surface area contributed by atoms with Crippen molar-refractivity contribution in [1.82, 2.24) is 10.3 Å². The van der Waals surface area contributed by atoms with E-state index in [1.807, 2.05) is 31.2 Å². The Morgan fingerprint density at radius 2 is 1.96 bits per heavy atom. The van der Waals surface area contributed by atoms with Gasteiger partial charge in [0, 0.05) is 37.3 Å². The van der Waals surface area contributed by atoms with Gasteiger partial charge in [0.05, 0.1) is 6.61 Å². The van der Waals surface area contributed by atoms with Gasteiger partial charge in [-0.2, -0.15) is 5.10 Å². The van der Waals surface area contributed by atoms with E-state index >= 15 is 0 Å². The van der Waals surface area contributed by atoms with Crippen molar-refractivity contribution in [3.8, 4) is 0 Å². The lowest BCUT2D eigenvalue weighted by Gasteiger charge is -2.26. The fourth-order valence-electron chi connectivity index (χ4n) is 2.20. The Balaban J connectivity index is 1.77. The molecule has 0 bridgehead atoms. The maximum atomic E-state index is 11.6. The lowest BCUT2D eigenvalue weighted by Crippen LogP contribution is -2.39. The average molecular weight is 334 g/mol. The number of carbonyl (C=O) groups is 1. The Morgan fingerprint density at radius 3 is 2.57 bits per heavy atom. The summed E-state index contributed by atoms with van der Waals surface area (Å²) in [5.41, 5.74) is 5.98. The summed E-state index contributed by atoms with van der Waals surface area (Å²) in [5.74, 6) is 0. The largest absolute Gasteiger partial charge is 0.450 e. The van der Waals surface area contributed by atoms with Crippen molar-refractivity contribution in [1.29, 1.82) is 0 Å². The van der Waals surface area contributed by atoms with Gasteiger partial charge in [-0.25, -0.2) is 4.79 Å². The Labute approximate surface area is 141 Å². The van der Waals surface area contributed by atoms with E-state index in [2.05, 4.69) is 15.8 Å². The third-order valence-electron chi connectivity index (χ3n) is 3.49. The zero-order chi connectivity index (χ0) is 16.7. The fourth-order valence-corrected chi connectivity index (χ4v) is 2.36. The van der Waals surface area contributed by atoms with E-state index < -0.39 is 0 Å². The molecule has 1 heterocycles. The van der Waals surface area contributed by atoms with Gasteiger partial charge in [-0.05, 0) is 38.2 Å². The van der Waals surface area contributed by atoms with Crippen LogP contribution in [0.1, 0.15) is 25.3 Å². The van der Waals surface area contributed by atoms with E-state index in [0.29, 0.717) is 24.8 Å². The van der Waals surface area contributed by atoms with E-state index in [0.717, 1.165) is 24.2 Å². The number of hydrogen-bond donors (Lipinski definition) is 2.